The van der Waals surface area contributed by atoms with E-state index in [0.717, 1.165) is 20.7 Å². The Morgan fingerprint density at radius 3 is 3.09 bits per heavy atom. The molecule has 0 amide bonds. The lowest BCUT2D eigenvalue weighted by Crippen LogP contribution is -1.91. The van der Waals surface area contributed by atoms with Crippen molar-refractivity contribution in [3.05, 3.63) is 15.9 Å². The maximum atomic E-state index is 4.18. The highest BCUT2D eigenvalue weighted by molar-refractivity contribution is 14.1. The van der Waals surface area contributed by atoms with Crippen LogP contribution in [0.1, 0.15) is 5.69 Å². The van der Waals surface area contributed by atoms with Gasteiger partial charge in [0.05, 0.1) is 12.0 Å². The van der Waals surface area contributed by atoms with E-state index in [9.17, 15) is 0 Å². The van der Waals surface area contributed by atoms with E-state index in [-0.39, 0.29) is 0 Å². The molecule has 0 aromatic carbocycles. The average Bonchev–Trinajstić information content (AvgIpc) is 2.34. The van der Waals surface area contributed by atoms with Crippen LogP contribution < -0.4 is 0 Å². The molecule has 0 aliphatic rings. The average molecular weight is 260 g/mol. The van der Waals surface area contributed by atoms with Crippen molar-refractivity contribution in [1.82, 2.24) is 19.9 Å². The Kier molecular flexibility index (Phi) is 1.52. The third-order valence-electron chi connectivity index (χ3n) is 1.44. The standard InChI is InChI=1S/C6H5IN4/c1-3-4-5(9-2-8-4)11-6(7)10-3/h2H,1H3,(H,8,9,10,11). The smallest absolute Gasteiger partial charge is 0.193 e. The second-order valence-corrected chi connectivity index (χ2v) is 3.14. The van der Waals surface area contributed by atoms with E-state index in [2.05, 4.69) is 42.5 Å². The van der Waals surface area contributed by atoms with Gasteiger partial charge in [-0.15, -0.1) is 0 Å². The first-order valence-electron chi connectivity index (χ1n) is 3.10. The van der Waals surface area contributed by atoms with Crippen LogP contribution in [0.5, 0.6) is 0 Å². The quantitative estimate of drug-likeness (QED) is 0.573. The Morgan fingerprint density at radius 2 is 2.27 bits per heavy atom. The van der Waals surface area contributed by atoms with Gasteiger partial charge >= 0.3 is 0 Å². The number of nitrogens with zero attached hydrogens (tertiary/aromatic N) is 3. The highest BCUT2D eigenvalue weighted by atomic mass is 127. The molecule has 0 spiro atoms. The molecule has 0 aliphatic heterocycles. The van der Waals surface area contributed by atoms with Gasteiger partial charge in [0, 0.05) is 22.6 Å². The summed E-state index contributed by atoms with van der Waals surface area (Å²) in [7, 11) is 0. The Bertz CT molecular complexity index is 394. The summed E-state index contributed by atoms with van der Waals surface area (Å²) < 4.78 is 0.736. The van der Waals surface area contributed by atoms with Crippen molar-refractivity contribution < 1.29 is 0 Å². The maximum absolute atomic E-state index is 4.18. The molecule has 2 aromatic rings. The minimum absolute atomic E-state index is 0.736. The van der Waals surface area contributed by atoms with Crippen molar-refractivity contribution in [3.8, 4) is 0 Å². The topological polar surface area (TPSA) is 54.5 Å². The fourth-order valence-electron chi connectivity index (χ4n) is 0.945. The van der Waals surface area contributed by atoms with Crippen LogP contribution in [0.3, 0.4) is 0 Å². The summed E-state index contributed by atoms with van der Waals surface area (Å²) in [6.45, 7) is 1.93. The van der Waals surface area contributed by atoms with Crippen molar-refractivity contribution in [2.45, 2.75) is 6.92 Å². The molecular weight excluding hydrogens is 255 g/mol. The number of imidazole rings is 1. The summed E-state index contributed by atoms with van der Waals surface area (Å²) in [6, 6.07) is 0. The number of aryl methyl sites for hydroxylation is 1. The number of rotatable bonds is 0. The van der Waals surface area contributed by atoms with Crippen LogP contribution in [0.15, 0.2) is 6.33 Å². The minimum atomic E-state index is 0.736. The molecule has 0 saturated carbocycles. The summed E-state index contributed by atoms with van der Waals surface area (Å²) in [5, 5.41) is 0. The van der Waals surface area contributed by atoms with Crippen LogP contribution in [-0.4, -0.2) is 19.9 Å². The highest BCUT2D eigenvalue weighted by Crippen LogP contribution is 2.10. The van der Waals surface area contributed by atoms with Gasteiger partial charge in [0.2, 0.25) is 0 Å². The lowest BCUT2D eigenvalue weighted by atomic mass is 10.4. The van der Waals surface area contributed by atoms with Gasteiger partial charge in [0.15, 0.2) is 9.48 Å². The molecule has 0 saturated heterocycles. The summed E-state index contributed by atoms with van der Waals surface area (Å²) in [6.07, 6.45) is 1.63. The fraction of sp³-hybridized carbons (Fsp3) is 0.167. The van der Waals surface area contributed by atoms with Crippen LogP contribution >= 0.6 is 22.6 Å². The zero-order chi connectivity index (χ0) is 7.84. The number of hydrogen-bond acceptors (Lipinski definition) is 3. The molecule has 0 aliphatic carbocycles. The number of aromatic amines is 1. The van der Waals surface area contributed by atoms with Crippen LogP contribution in [-0.2, 0) is 0 Å². The van der Waals surface area contributed by atoms with Gasteiger partial charge < -0.3 is 4.98 Å². The predicted octanol–water partition coefficient (Wildman–Crippen LogP) is 1.27. The van der Waals surface area contributed by atoms with Crippen LogP contribution in [0.25, 0.3) is 11.2 Å². The van der Waals surface area contributed by atoms with Gasteiger partial charge in [-0.05, 0) is 6.92 Å². The Balaban J connectivity index is 2.91. The molecule has 0 unspecified atom stereocenters. The van der Waals surface area contributed by atoms with Gasteiger partial charge in [-0.1, -0.05) is 0 Å². The third-order valence-corrected chi connectivity index (χ3v) is 1.92. The van der Waals surface area contributed by atoms with E-state index in [1.165, 1.54) is 0 Å². The van der Waals surface area contributed by atoms with E-state index in [1.54, 1.807) is 6.33 Å². The fourth-order valence-corrected chi connectivity index (χ4v) is 1.54. The van der Waals surface area contributed by atoms with Crippen molar-refractivity contribution in [3.63, 3.8) is 0 Å². The summed E-state index contributed by atoms with van der Waals surface area (Å²) >= 11 is 2.07. The van der Waals surface area contributed by atoms with Crippen LogP contribution in [0.4, 0.5) is 0 Å². The van der Waals surface area contributed by atoms with E-state index >= 15 is 0 Å². The largest absolute Gasteiger partial charge is 0.342 e. The van der Waals surface area contributed by atoms with Crippen LogP contribution in [0, 0.1) is 10.8 Å². The van der Waals surface area contributed by atoms with E-state index < -0.39 is 0 Å². The second-order valence-electron chi connectivity index (χ2n) is 2.18. The first kappa shape index (κ1) is 6.96. The van der Waals surface area contributed by atoms with E-state index in [4.69, 9.17) is 0 Å². The molecule has 2 rings (SSSR count). The molecule has 1 N–H and O–H groups in total. The first-order valence-corrected chi connectivity index (χ1v) is 4.18. The molecule has 2 heterocycles. The Hall–Kier alpha value is -0.720. The summed E-state index contributed by atoms with van der Waals surface area (Å²) in [5.41, 5.74) is 2.60. The number of hydrogen-bond donors (Lipinski definition) is 1. The molecule has 4 nitrogen and oxygen atoms in total. The molecule has 2 aromatic heterocycles. The summed E-state index contributed by atoms with van der Waals surface area (Å²) in [5.74, 6) is 0. The molecule has 0 fully saturated rings. The Morgan fingerprint density at radius 1 is 1.45 bits per heavy atom. The van der Waals surface area contributed by atoms with Gasteiger partial charge in [0.25, 0.3) is 0 Å². The number of fused-ring (bicyclic) bond motifs is 1. The maximum Gasteiger partial charge on any atom is 0.193 e. The SMILES string of the molecule is Cc1nc(I)nc2nc[nH]c12. The molecule has 0 atom stereocenters. The lowest BCUT2D eigenvalue weighted by molar-refractivity contribution is 1.08. The van der Waals surface area contributed by atoms with Crippen molar-refractivity contribution in [1.29, 1.82) is 0 Å². The number of aromatic nitrogens is 4. The highest BCUT2D eigenvalue weighted by Gasteiger charge is 2.02. The molecule has 5 heteroatoms. The monoisotopic (exact) mass is 260 g/mol. The third kappa shape index (κ3) is 1.09. The van der Waals surface area contributed by atoms with Crippen molar-refractivity contribution in [2.75, 3.05) is 0 Å². The van der Waals surface area contributed by atoms with Crippen molar-refractivity contribution >= 4 is 33.8 Å². The van der Waals surface area contributed by atoms with Gasteiger partial charge in [0.1, 0.15) is 5.52 Å². The minimum Gasteiger partial charge on any atom is -0.342 e. The molecule has 0 radical (unpaired) electrons. The van der Waals surface area contributed by atoms with E-state index in [0.29, 0.717) is 0 Å². The molecule has 11 heavy (non-hydrogen) atoms. The molecule has 56 valence electrons. The molecular formula is C6H5IN4. The van der Waals surface area contributed by atoms with Crippen LogP contribution in [0.2, 0.25) is 0 Å². The van der Waals surface area contributed by atoms with E-state index in [1.807, 2.05) is 6.92 Å². The number of H-pyrrole nitrogens is 1. The molecule has 0 bridgehead atoms. The second kappa shape index (κ2) is 2.40. The first-order chi connectivity index (χ1) is 5.27. The van der Waals surface area contributed by atoms with Gasteiger partial charge in [-0.3, -0.25) is 0 Å². The zero-order valence-electron chi connectivity index (χ0n) is 5.80. The lowest BCUT2D eigenvalue weighted by Gasteiger charge is -1.93. The van der Waals surface area contributed by atoms with Gasteiger partial charge in [-0.2, -0.15) is 0 Å². The van der Waals surface area contributed by atoms with Crippen molar-refractivity contribution in [2.24, 2.45) is 0 Å². The predicted molar refractivity (Wildman–Crippen MR) is 49.1 cm³/mol. The summed E-state index contributed by atoms with van der Waals surface area (Å²) in [4.78, 5) is 15.3. The number of nitrogens with one attached hydrogen (secondary N) is 1. The normalized spacial score (nSPS) is 10.7. The zero-order valence-corrected chi connectivity index (χ0v) is 7.95. The Labute approximate surface area is 76.6 Å². The van der Waals surface area contributed by atoms with Gasteiger partial charge in [-0.25, -0.2) is 15.0 Å². The number of halogens is 1.